The van der Waals surface area contributed by atoms with Crippen molar-refractivity contribution in [2.75, 3.05) is 0 Å². The monoisotopic (exact) mass is 636 g/mol. The molecule has 0 nitrogen and oxygen atoms in total. The number of hydrogen-bond donors (Lipinski definition) is 0. The highest BCUT2D eigenvalue weighted by Gasteiger charge is 2.70. The summed E-state index contributed by atoms with van der Waals surface area (Å²) < 4.78 is 3.48. The van der Waals surface area contributed by atoms with Crippen molar-refractivity contribution in [2.45, 2.75) is 10.8 Å². The van der Waals surface area contributed by atoms with Gasteiger partial charge in [-0.3, -0.25) is 0 Å². The Morgan fingerprint density at radius 3 is 0.943 bits per heavy atom. The lowest BCUT2D eigenvalue weighted by Gasteiger charge is -2.40. The largest absolute Gasteiger partial charge is 0.0648 e. The van der Waals surface area contributed by atoms with Gasteiger partial charge >= 0.3 is 0 Å². The highest BCUT2D eigenvalue weighted by molar-refractivity contribution is 9.11. The zero-order chi connectivity index (χ0) is 23.3. The van der Waals surface area contributed by atoms with Crippen molar-refractivity contribution < 1.29 is 0 Å². The molecule has 6 aromatic carbocycles. The van der Waals surface area contributed by atoms with Crippen molar-refractivity contribution in [3.05, 3.63) is 138 Å². The minimum Gasteiger partial charge on any atom is -0.0613 e. The summed E-state index contributed by atoms with van der Waals surface area (Å²) in [6, 6.07) is 34.6. The first-order valence-electron chi connectivity index (χ1n) is 11.8. The van der Waals surface area contributed by atoms with Crippen LogP contribution in [0, 0.1) is 0 Å². The zero-order valence-corrected chi connectivity index (χ0v) is 23.1. The lowest BCUT2D eigenvalue weighted by molar-refractivity contribution is 0.492. The second-order valence-electron chi connectivity index (χ2n) is 9.97. The third kappa shape index (κ3) is 1.80. The van der Waals surface area contributed by atoms with Crippen LogP contribution in [0.4, 0.5) is 0 Å². The van der Waals surface area contributed by atoms with E-state index >= 15 is 0 Å². The standard InChI is InChI=1S/C32H15Br3/c33-25-13-10-22-28-16(25)4-1-7-19(28)31-20-8-2-5-17-26(34)14-11-23(29(17)20)32(22,31)24-12-15-27(35)18-6-3-9-21(31)30(18)24/h1-15H. The molecule has 9 rings (SSSR count). The molecule has 0 bridgehead atoms. The van der Waals surface area contributed by atoms with Crippen LogP contribution in [0.1, 0.15) is 33.4 Å². The highest BCUT2D eigenvalue weighted by Crippen LogP contribution is 2.76. The van der Waals surface area contributed by atoms with E-state index in [0.29, 0.717) is 0 Å². The molecule has 0 spiro atoms. The normalized spacial score (nSPS) is 22.4. The minimum atomic E-state index is -0.305. The molecule has 35 heavy (non-hydrogen) atoms. The van der Waals surface area contributed by atoms with Gasteiger partial charge in [0.25, 0.3) is 0 Å². The van der Waals surface area contributed by atoms with Gasteiger partial charge in [0.15, 0.2) is 0 Å². The molecule has 3 heteroatoms. The van der Waals surface area contributed by atoms with E-state index in [-0.39, 0.29) is 10.8 Å². The molecule has 0 N–H and O–H groups in total. The summed E-state index contributed by atoms with van der Waals surface area (Å²) >= 11 is 11.6. The average Bonchev–Trinajstić information content (AvgIpc) is 3.41. The maximum Gasteiger partial charge on any atom is 0.0648 e. The van der Waals surface area contributed by atoms with E-state index in [1.807, 2.05) is 0 Å². The van der Waals surface area contributed by atoms with Crippen LogP contribution in [-0.2, 0) is 10.8 Å². The molecule has 3 aliphatic rings. The molecule has 0 heterocycles. The Labute approximate surface area is 227 Å². The van der Waals surface area contributed by atoms with Crippen LogP contribution < -0.4 is 0 Å². The van der Waals surface area contributed by atoms with Crippen LogP contribution in [0.3, 0.4) is 0 Å². The average molecular weight is 639 g/mol. The molecule has 0 radical (unpaired) electrons. The van der Waals surface area contributed by atoms with Gasteiger partial charge in [-0.05, 0) is 83.9 Å². The Bertz CT molecular complexity index is 1740. The molecule has 0 fully saturated rings. The summed E-state index contributed by atoms with van der Waals surface area (Å²) in [6.45, 7) is 0. The maximum atomic E-state index is 3.88. The van der Waals surface area contributed by atoms with E-state index < -0.39 is 0 Å². The fourth-order valence-electron chi connectivity index (χ4n) is 8.07. The van der Waals surface area contributed by atoms with Crippen LogP contribution in [0.5, 0.6) is 0 Å². The second kappa shape index (κ2) is 6.08. The molecule has 0 saturated carbocycles. The van der Waals surface area contributed by atoms with Crippen molar-refractivity contribution in [3.63, 3.8) is 0 Å². The summed E-state index contributed by atoms with van der Waals surface area (Å²) in [7, 11) is 0. The second-order valence-corrected chi connectivity index (χ2v) is 12.5. The molecule has 164 valence electrons. The van der Waals surface area contributed by atoms with Gasteiger partial charge in [-0.15, -0.1) is 0 Å². The van der Waals surface area contributed by atoms with Crippen molar-refractivity contribution in [2.24, 2.45) is 0 Å². The zero-order valence-electron chi connectivity index (χ0n) is 18.3. The first kappa shape index (κ1) is 19.7. The Balaban J connectivity index is 1.66. The Morgan fingerprint density at radius 1 is 0.343 bits per heavy atom. The van der Waals surface area contributed by atoms with Gasteiger partial charge in [-0.25, -0.2) is 0 Å². The number of halogens is 3. The van der Waals surface area contributed by atoms with E-state index in [9.17, 15) is 0 Å². The lowest BCUT2D eigenvalue weighted by atomic mass is 9.59. The third-order valence-electron chi connectivity index (χ3n) is 8.95. The summed E-state index contributed by atoms with van der Waals surface area (Å²) in [6.07, 6.45) is 0. The van der Waals surface area contributed by atoms with Crippen molar-refractivity contribution in [3.8, 4) is 0 Å². The van der Waals surface area contributed by atoms with Gasteiger partial charge in [0.2, 0.25) is 0 Å². The lowest BCUT2D eigenvalue weighted by Crippen LogP contribution is -2.42. The van der Waals surface area contributed by atoms with E-state index in [4.69, 9.17) is 0 Å². The first-order valence-corrected chi connectivity index (χ1v) is 14.2. The highest BCUT2D eigenvalue weighted by atomic mass is 79.9. The summed E-state index contributed by atoms with van der Waals surface area (Å²) in [5.74, 6) is 0. The summed E-state index contributed by atoms with van der Waals surface area (Å²) in [4.78, 5) is 0. The van der Waals surface area contributed by atoms with Gasteiger partial charge in [0, 0.05) is 13.4 Å². The molecular weight excluding hydrogens is 624 g/mol. The number of hydrogen-bond acceptors (Lipinski definition) is 0. The van der Waals surface area contributed by atoms with E-state index in [1.165, 1.54) is 65.7 Å². The molecule has 0 saturated heterocycles. The minimum absolute atomic E-state index is 0.305. The van der Waals surface area contributed by atoms with Gasteiger partial charge in [-0.1, -0.05) is 121 Å². The molecule has 0 unspecified atom stereocenters. The molecule has 0 aromatic heterocycles. The SMILES string of the molecule is Brc1ccc2c3c(cccc13)C13c4cccc5c(Br)ccc(c45)C21c1ccc(Br)c2cccc3c12. The fourth-order valence-corrected chi connectivity index (χ4v) is 9.46. The molecule has 0 aliphatic heterocycles. The number of benzene rings is 6. The van der Waals surface area contributed by atoms with Crippen LogP contribution in [-0.4, -0.2) is 0 Å². The topological polar surface area (TPSA) is 0 Å². The van der Waals surface area contributed by atoms with Crippen LogP contribution in [0.15, 0.2) is 104 Å². The molecule has 0 amide bonds. The molecular formula is C32H15Br3. The summed E-state index contributed by atoms with van der Waals surface area (Å²) in [5, 5.41) is 8.10. The Morgan fingerprint density at radius 2 is 0.629 bits per heavy atom. The van der Waals surface area contributed by atoms with Gasteiger partial charge in [-0.2, -0.15) is 0 Å². The Hall–Kier alpha value is -2.46. The fraction of sp³-hybridized carbons (Fsp3) is 0.0625. The van der Waals surface area contributed by atoms with Gasteiger partial charge in [0.05, 0.1) is 10.8 Å². The number of rotatable bonds is 0. The predicted molar refractivity (Wildman–Crippen MR) is 155 cm³/mol. The Kier molecular flexibility index (Phi) is 3.42. The van der Waals surface area contributed by atoms with Crippen LogP contribution in [0.2, 0.25) is 0 Å². The predicted octanol–water partition coefficient (Wildman–Crippen LogP) is 9.74. The smallest absolute Gasteiger partial charge is 0.0613 e. The van der Waals surface area contributed by atoms with Crippen molar-refractivity contribution in [1.29, 1.82) is 0 Å². The van der Waals surface area contributed by atoms with Gasteiger partial charge < -0.3 is 0 Å². The first-order chi connectivity index (χ1) is 17.1. The van der Waals surface area contributed by atoms with Crippen molar-refractivity contribution >= 4 is 80.1 Å². The summed E-state index contributed by atoms with van der Waals surface area (Å²) in [5.41, 5.74) is 7.92. The third-order valence-corrected chi connectivity index (χ3v) is 11.0. The molecule has 0 atom stereocenters. The van der Waals surface area contributed by atoms with Crippen LogP contribution in [0.25, 0.3) is 32.3 Å². The van der Waals surface area contributed by atoms with Crippen LogP contribution >= 0.6 is 47.8 Å². The molecule has 3 aliphatic carbocycles. The molecule has 6 aromatic rings. The van der Waals surface area contributed by atoms with Gasteiger partial charge in [0.1, 0.15) is 0 Å². The maximum absolute atomic E-state index is 3.88. The van der Waals surface area contributed by atoms with E-state index in [0.717, 1.165) is 13.4 Å². The van der Waals surface area contributed by atoms with E-state index in [2.05, 4.69) is 139 Å². The van der Waals surface area contributed by atoms with E-state index in [1.54, 1.807) is 0 Å². The van der Waals surface area contributed by atoms with Crippen molar-refractivity contribution in [1.82, 2.24) is 0 Å². The quantitative estimate of drug-likeness (QED) is 0.155.